The van der Waals surface area contributed by atoms with Crippen LogP contribution in [0.3, 0.4) is 0 Å². The van der Waals surface area contributed by atoms with Gasteiger partial charge >= 0.3 is 0 Å². The topological polar surface area (TPSA) is 58.7 Å². The summed E-state index contributed by atoms with van der Waals surface area (Å²) < 4.78 is 0. The van der Waals surface area contributed by atoms with E-state index in [9.17, 15) is 0 Å². The maximum Gasteiger partial charge on any atom is 0 e. The van der Waals surface area contributed by atoms with Crippen LogP contribution in [0.5, 0.6) is 0 Å². The quantitative estimate of drug-likeness (QED) is 0.359. The minimum atomic E-state index is 0. The zero-order valence-corrected chi connectivity index (χ0v) is 6.01. The van der Waals surface area contributed by atoms with Crippen molar-refractivity contribution in [2.24, 2.45) is 0 Å². The molecule has 0 saturated heterocycles. The van der Waals surface area contributed by atoms with Crippen LogP contribution in [-0.4, -0.2) is 0 Å². The zero-order chi connectivity index (χ0) is 2.71. The average Bonchev–Trinajstić information content (AvgIpc) is 0.918. The van der Waals surface area contributed by atoms with Gasteiger partial charge in [0.25, 0.3) is 0 Å². The van der Waals surface area contributed by atoms with Crippen molar-refractivity contribution < 1.29 is 31.1 Å². The Bertz CT molecular complexity index is 24.3. The number of rotatable bonds is 0. The molecule has 0 saturated carbocycles. The third-order valence-corrected chi connectivity index (χ3v) is 0. The molecular formula is N3U-. The molecule has 0 rings (SSSR count). The number of nitrogens with zero attached hydrogens (tertiary/aromatic N) is 3. The maximum absolute atomic E-state index is 6.75. The summed E-state index contributed by atoms with van der Waals surface area (Å²) in [4.78, 5) is 1.50. The molecule has 0 aromatic carbocycles. The third-order valence-electron chi connectivity index (χ3n) is 0. The maximum atomic E-state index is 6.75. The minimum Gasteiger partial charge on any atom is -0.373 e. The van der Waals surface area contributed by atoms with Gasteiger partial charge < -0.3 is 11.1 Å². The second kappa shape index (κ2) is 10.1. The first-order valence-corrected chi connectivity index (χ1v) is 0.400. The molecule has 0 aliphatic heterocycles. The monoisotopic (exact) mass is 280 g/mol. The molecule has 0 heterocycles. The van der Waals surface area contributed by atoms with E-state index in [2.05, 4.69) is 0 Å². The van der Waals surface area contributed by atoms with Crippen LogP contribution in [0.2, 0.25) is 0 Å². The zero-order valence-electron chi connectivity index (χ0n) is 1.84. The molecule has 0 atom stereocenters. The molecule has 3 nitrogen and oxygen atoms in total. The van der Waals surface area contributed by atoms with E-state index in [-0.39, 0.29) is 31.1 Å². The Kier molecular flexibility index (Phi) is 22.3. The summed E-state index contributed by atoms with van der Waals surface area (Å²) in [6.45, 7) is 0. The molecule has 4 heavy (non-hydrogen) atoms. The van der Waals surface area contributed by atoms with Gasteiger partial charge in [-0.3, -0.25) is 4.91 Å². The molecule has 0 bridgehead atoms. The molecule has 0 amide bonds. The summed E-state index contributed by atoms with van der Waals surface area (Å²) in [5.41, 5.74) is 13.5. The molecule has 0 spiro atoms. The Morgan fingerprint density at radius 2 is 1.25 bits per heavy atom. The van der Waals surface area contributed by atoms with Gasteiger partial charge in [-0.25, -0.2) is 0 Å². The van der Waals surface area contributed by atoms with Gasteiger partial charge in [-0.2, -0.15) is 0 Å². The second-order valence-electron chi connectivity index (χ2n) is 0.0894. The predicted molar refractivity (Wildman–Crippen MR) is 10.1 cm³/mol. The fourth-order valence-corrected chi connectivity index (χ4v) is 0. The fourth-order valence-electron chi connectivity index (χ4n) is 0. The van der Waals surface area contributed by atoms with Crippen LogP contribution < -0.4 is 0 Å². The van der Waals surface area contributed by atoms with Crippen molar-refractivity contribution in [1.29, 1.82) is 0 Å². The van der Waals surface area contributed by atoms with Gasteiger partial charge in [-0.15, -0.1) is 0 Å². The normalized spacial score (nSPS) is 2.00. The van der Waals surface area contributed by atoms with Gasteiger partial charge in [0.2, 0.25) is 0 Å². The number of hydrogen-bond donors (Lipinski definition) is 0. The van der Waals surface area contributed by atoms with Crippen LogP contribution in [0, 0.1) is 31.1 Å². The molecule has 0 fully saturated rings. The molecule has 4 heteroatoms. The molecular weight excluding hydrogens is 280 g/mol. The summed E-state index contributed by atoms with van der Waals surface area (Å²) in [5.74, 6) is 0. The van der Waals surface area contributed by atoms with E-state index in [1.54, 1.807) is 0 Å². The van der Waals surface area contributed by atoms with Gasteiger partial charge in [-0.05, 0) is 0 Å². The van der Waals surface area contributed by atoms with Crippen LogP contribution in [0.15, 0.2) is 0 Å². The van der Waals surface area contributed by atoms with Crippen LogP contribution in [0.1, 0.15) is 0 Å². The molecule has 0 aliphatic carbocycles. The van der Waals surface area contributed by atoms with Gasteiger partial charge in [0.15, 0.2) is 0 Å². The van der Waals surface area contributed by atoms with E-state index in [1.807, 2.05) is 0 Å². The molecule has 0 aromatic rings. The minimum absolute atomic E-state index is 0. The van der Waals surface area contributed by atoms with Crippen molar-refractivity contribution in [3.63, 3.8) is 0 Å². The summed E-state index contributed by atoms with van der Waals surface area (Å²) >= 11 is 0. The van der Waals surface area contributed by atoms with E-state index in [4.69, 9.17) is 11.1 Å². The first-order chi connectivity index (χ1) is 1.41. The van der Waals surface area contributed by atoms with Gasteiger partial charge in [-0.1, -0.05) is 0 Å². The molecule has 0 aliphatic rings. The van der Waals surface area contributed by atoms with Crippen molar-refractivity contribution in [1.82, 2.24) is 0 Å². The molecule has 0 aromatic heterocycles. The number of hydrogen-bond acceptors (Lipinski definition) is 0. The van der Waals surface area contributed by atoms with E-state index in [0.717, 1.165) is 0 Å². The van der Waals surface area contributed by atoms with Crippen molar-refractivity contribution in [3.8, 4) is 0 Å². The smallest absolute Gasteiger partial charge is 0 e. The van der Waals surface area contributed by atoms with Crippen LogP contribution in [0.25, 0.3) is 16.0 Å². The van der Waals surface area contributed by atoms with Gasteiger partial charge in [0.1, 0.15) is 0 Å². The average molecular weight is 280 g/mol. The summed E-state index contributed by atoms with van der Waals surface area (Å²) in [5, 5.41) is 0. The SMILES string of the molecule is [N-]=[N+]=[N-].[U]. The Labute approximate surface area is 47.2 Å². The Morgan fingerprint density at radius 1 is 1.25 bits per heavy atom. The fraction of sp³-hybridized carbons (Fsp3) is 0. The third kappa shape index (κ3) is 33.4. The van der Waals surface area contributed by atoms with Crippen molar-refractivity contribution >= 4 is 0 Å². The van der Waals surface area contributed by atoms with Gasteiger partial charge in [0, 0.05) is 31.1 Å². The van der Waals surface area contributed by atoms with Crippen molar-refractivity contribution in [3.05, 3.63) is 16.0 Å². The first-order valence-electron chi connectivity index (χ1n) is 0.400. The van der Waals surface area contributed by atoms with Crippen LogP contribution in [0.4, 0.5) is 0 Å². The van der Waals surface area contributed by atoms with Crippen LogP contribution >= 0.6 is 0 Å². The summed E-state index contributed by atoms with van der Waals surface area (Å²) in [6.07, 6.45) is 0. The standard InChI is InChI=1S/N3.U/c1-3-2;/q-1;. The van der Waals surface area contributed by atoms with E-state index >= 15 is 0 Å². The summed E-state index contributed by atoms with van der Waals surface area (Å²) in [6, 6.07) is 0. The summed E-state index contributed by atoms with van der Waals surface area (Å²) in [7, 11) is 0. The Hall–Kier alpha value is 0.362. The molecule has 0 N–H and O–H groups in total. The molecule has 0 unspecified atom stereocenters. The molecule has 0 radical (unpaired) electrons. The Balaban J connectivity index is 0. The van der Waals surface area contributed by atoms with E-state index < -0.39 is 0 Å². The van der Waals surface area contributed by atoms with E-state index in [0.29, 0.717) is 0 Å². The molecule has 20 valence electrons. The van der Waals surface area contributed by atoms with E-state index in [1.165, 1.54) is 4.91 Å². The van der Waals surface area contributed by atoms with Crippen molar-refractivity contribution in [2.75, 3.05) is 0 Å². The van der Waals surface area contributed by atoms with Gasteiger partial charge in [0.05, 0.1) is 0 Å². The second-order valence-corrected chi connectivity index (χ2v) is 0.0894. The van der Waals surface area contributed by atoms with Crippen molar-refractivity contribution in [2.45, 2.75) is 0 Å². The predicted octanol–water partition coefficient (Wildman–Crippen LogP) is 0.866. The largest absolute Gasteiger partial charge is 0.373 e. The Morgan fingerprint density at radius 3 is 1.25 bits per heavy atom. The van der Waals surface area contributed by atoms with Crippen LogP contribution in [-0.2, 0) is 0 Å². The first kappa shape index (κ1) is 8.84.